The number of rotatable bonds is 6. The Hall–Kier alpha value is -2.15. The highest BCUT2D eigenvalue weighted by molar-refractivity contribution is 7.10. The highest BCUT2D eigenvalue weighted by atomic mass is 32.1. The molecule has 0 fully saturated rings. The van der Waals surface area contributed by atoms with Crippen LogP contribution in [0.5, 0.6) is 5.75 Å². The standard InChI is InChI=1S/C14H14F2N2O2S/c1-9(19)18-11-6-7-21-13(11)8-17-10-4-2-3-5-12(10)20-14(15)16/h2-7,14,17H,8H2,1H3,(H,18,19). The Morgan fingerprint density at radius 2 is 2.05 bits per heavy atom. The first kappa shape index (κ1) is 15.2. The lowest BCUT2D eigenvalue weighted by Gasteiger charge is -2.12. The van der Waals surface area contributed by atoms with Gasteiger partial charge in [0.15, 0.2) is 0 Å². The molecule has 0 aliphatic rings. The van der Waals surface area contributed by atoms with Crippen LogP contribution in [0.3, 0.4) is 0 Å². The number of ether oxygens (including phenoxy) is 1. The van der Waals surface area contributed by atoms with Gasteiger partial charge >= 0.3 is 6.61 Å². The number of alkyl halides is 2. The Morgan fingerprint density at radius 1 is 1.29 bits per heavy atom. The maximum absolute atomic E-state index is 12.3. The van der Waals surface area contributed by atoms with Crippen LogP contribution in [-0.4, -0.2) is 12.5 Å². The molecule has 2 rings (SSSR count). The van der Waals surface area contributed by atoms with Crippen molar-refractivity contribution in [1.82, 2.24) is 0 Å². The molecule has 1 aromatic carbocycles. The van der Waals surface area contributed by atoms with Crippen LogP contribution in [0.1, 0.15) is 11.8 Å². The summed E-state index contributed by atoms with van der Waals surface area (Å²) in [5, 5.41) is 7.60. The summed E-state index contributed by atoms with van der Waals surface area (Å²) >= 11 is 1.46. The normalized spacial score (nSPS) is 10.5. The summed E-state index contributed by atoms with van der Waals surface area (Å²) in [4.78, 5) is 12.0. The van der Waals surface area contributed by atoms with Crippen molar-refractivity contribution < 1.29 is 18.3 Å². The molecule has 1 amide bonds. The van der Waals surface area contributed by atoms with Crippen molar-refractivity contribution in [1.29, 1.82) is 0 Å². The number of nitrogens with one attached hydrogen (secondary N) is 2. The highest BCUT2D eigenvalue weighted by Gasteiger charge is 2.10. The summed E-state index contributed by atoms with van der Waals surface area (Å²) < 4.78 is 29.1. The maximum Gasteiger partial charge on any atom is 0.387 e. The van der Waals surface area contributed by atoms with Crippen LogP contribution in [0.2, 0.25) is 0 Å². The molecule has 0 aliphatic carbocycles. The van der Waals surface area contributed by atoms with Gasteiger partial charge in [0.25, 0.3) is 0 Å². The van der Waals surface area contributed by atoms with Crippen molar-refractivity contribution in [2.45, 2.75) is 20.1 Å². The number of anilines is 2. The van der Waals surface area contributed by atoms with Gasteiger partial charge in [0.1, 0.15) is 5.75 Å². The fourth-order valence-corrected chi connectivity index (χ4v) is 2.54. The van der Waals surface area contributed by atoms with Crippen LogP contribution < -0.4 is 15.4 Å². The van der Waals surface area contributed by atoms with Crippen LogP contribution >= 0.6 is 11.3 Å². The summed E-state index contributed by atoms with van der Waals surface area (Å²) in [6.07, 6.45) is 0. The molecule has 0 bridgehead atoms. The number of amides is 1. The minimum absolute atomic E-state index is 0.0881. The van der Waals surface area contributed by atoms with Crippen molar-refractivity contribution >= 4 is 28.6 Å². The molecule has 7 heteroatoms. The lowest BCUT2D eigenvalue weighted by atomic mass is 10.3. The minimum atomic E-state index is -2.87. The number of para-hydroxylation sites is 2. The highest BCUT2D eigenvalue weighted by Crippen LogP contribution is 2.28. The summed E-state index contributed by atoms with van der Waals surface area (Å²) in [5.74, 6) is -0.0683. The average molecular weight is 312 g/mol. The van der Waals surface area contributed by atoms with Gasteiger partial charge < -0.3 is 15.4 Å². The minimum Gasteiger partial charge on any atom is -0.433 e. The molecule has 0 saturated heterocycles. The molecule has 1 heterocycles. The fraction of sp³-hybridized carbons (Fsp3) is 0.214. The van der Waals surface area contributed by atoms with Gasteiger partial charge in [-0.2, -0.15) is 8.78 Å². The second-order valence-corrected chi connectivity index (χ2v) is 5.17. The van der Waals surface area contributed by atoms with E-state index in [9.17, 15) is 13.6 Å². The number of carbonyl (C=O) groups excluding carboxylic acids is 1. The molecule has 0 spiro atoms. The van der Waals surface area contributed by atoms with Crippen molar-refractivity contribution in [2.24, 2.45) is 0 Å². The van der Waals surface area contributed by atoms with Gasteiger partial charge in [-0.1, -0.05) is 12.1 Å². The molecule has 0 aliphatic heterocycles. The smallest absolute Gasteiger partial charge is 0.387 e. The van der Waals surface area contributed by atoms with Crippen molar-refractivity contribution in [3.63, 3.8) is 0 Å². The number of benzene rings is 1. The average Bonchev–Trinajstić information content (AvgIpc) is 2.83. The molecule has 0 atom stereocenters. The van der Waals surface area contributed by atoms with Gasteiger partial charge in [-0.15, -0.1) is 11.3 Å². The van der Waals surface area contributed by atoms with E-state index >= 15 is 0 Å². The first-order chi connectivity index (χ1) is 10.1. The van der Waals surface area contributed by atoms with E-state index in [1.807, 2.05) is 5.38 Å². The molecular formula is C14H14F2N2O2S. The largest absolute Gasteiger partial charge is 0.433 e. The van der Waals surface area contributed by atoms with Gasteiger partial charge in [-0.25, -0.2) is 0 Å². The Morgan fingerprint density at radius 3 is 2.76 bits per heavy atom. The quantitative estimate of drug-likeness (QED) is 0.850. The van der Waals surface area contributed by atoms with E-state index in [2.05, 4.69) is 15.4 Å². The number of carbonyl (C=O) groups is 1. The van der Waals surface area contributed by atoms with E-state index in [1.165, 1.54) is 24.3 Å². The third-order valence-electron chi connectivity index (χ3n) is 2.60. The summed E-state index contributed by atoms with van der Waals surface area (Å²) in [5.41, 5.74) is 1.19. The third kappa shape index (κ3) is 4.42. The van der Waals surface area contributed by atoms with Gasteiger partial charge in [0.05, 0.1) is 17.9 Å². The van der Waals surface area contributed by atoms with E-state index in [4.69, 9.17) is 0 Å². The molecule has 21 heavy (non-hydrogen) atoms. The first-order valence-corrected chi connectivity index (χ1v) is 7.06. The lowest BCUT2D eigenvalue weighted by Crippen LogP contribution is -2.09. The maximum atomic E-state index is 12.3. The predicted molar refractivity (Wildman–Crippen MR) is 79.0 cm³/mol. The molecule has 0 unspecified atom stereocenters. The predicted octanol–water partition coefficient (Wildman–Crippen LogP) is 3.92. The van der Waals surface area contributed by atoms with Crippen LogP contribution in [0, 0.1) is 0 Å². The number of hydrogen-bond acceptors (Lipinski definition) is 4. The number of thiophene rings is 1. The Bertz CT molecular complexity index is 617. The third-order valence-corrected chi connectivity index (χ3v) is 3.52. The van der Waals surface area contributed by atoms with Crippen molar-refractivity contribution in [3.05, 3.63) is 40.6 Å². The summed E-state index contributed by atoms with van der Waals surface area (Å²) in [6, 6.07) is 8.27. The second kappa shape index (κ2) is 7.03. The Kier molecular flexibility index (Phi) is 5.10. The van der Waals surface area contributed by atoms with Crippen molar-refractivity contribution in [2.75, 3.05) is 10.6 Å². The van der Waals surface area contributed by atoms with Gasteiger partial charge in [0, 0.05) is 11.8 Å². The monoisotopic (exact) mass is 312 g/mol. The topological polar surface area (TPSA) is 50.4 Å². The van der Waals surface area contributed by atoms with Crippen LogP contribution in [0.4, 0.5) is 20.2 Å². The molecule has 0 saturated carbocycles. The SMILES string of the molecule is CC(=O)Nc1ccsc1CNc1ccccc1OC(F)F. The summed E-state index contributed by atoms with van der Waals surface area (Å²) in [6.45, 7) is -1.04. The Balaban J connectivity index is 2.06. The first-order valence-electron chi connectivity index (χ1n) is 6.18. The van der Waals surface area contributed by atoms with E-state index in [0.29, 0.717) is 17.9 Å². The molecule has 4 nitrogen and oxygen atoms in total. The molecule has 2 aromatic rings. The van der Waals surface area contributed by atoms with Crippen LogP contribution in [-0.2, 0) is 11.3 Å². The number of halogens is 2. The summed E-state index contributed by atoms with van der Waals surface area (Å²) in [7, 11) is 0. The van der Waals surface area contributed by atoms with Gasteiger partial charge in [0.2, 0.25) is 5.91 Å². The van der Waals surface area contributed by atoms with Gasteiger partial charge in [-0.05, 0) is 23.6 Å². The Labute approximate surface area is 124 Å². The molecule has 1 aromatic heterocycles. The zero-order valence-corrected chi connectivity index (χ0v) is 12.0. The van der Waals surface area contributed by atoms with E-state index in [0.717, 1.165) is 4.88 Å². The fourth-order valence-electron chi connectivity index (χ4n) is 1.77. The lowest BCUT2D eigenvalue weighted by molar-refractivity contribution is -0.114. The van der Waals surface area contributed by atoms with Crippen LogP contribution in [0.25, 0.3) is 0 Å². The van der Waals surface area contributed by atoms with Gasteiger partial charge in [-0.3, -0.25) is 4.79 Å². The van der Waals surface area contributed by atoms with E-state index in [-0.39, 0.29) is 11.7 Å². The van der Waals surface area contributed by atoms with E-state index < -0.39 is 6.61 Å². The molecule has 0 radical (unpaired) electrons. The molecule has 112 valence electrons. The van der Waals surface area contributed by atoms with Crippen molar-refractivity contribution in [3.8, 4) is 5.75 Å². The zero-order chi connectivity index (χ0) is 15.2. The second-order valence-electron chi connectivity index (χ2n) is 4.17. The van der Waals surface area contributed by atoms with E-state index in [1.54, 1.807) is 24.3 Å². The van der Waals surface area contributed by atoms with Crippen LogP contribution in [0.15, 0.2) is 35.7 Å². The zero-order valence-electron chi connectivity index (χ0n) is 11.2. The molecular weight excluding hydrogens is 298 g/mol. The number of hydrogen-bond donors (Lipinski definition) is 2. The molecule has 2 N–H and O–H groups in total.